The number of anilines is 1. The Morgan fingerprint density at radius 3 is 2.39 bits per heavy atom. The Bertz CT molecular complexity index is 1900. The van der Waals surface area contributed by atoms with Crippen molar-refractivity contribution >= 4 is 46.7 Å². The molecule has 1 aromatic heterocycles. The number of carbonyl (C=O) groups is 2. The summed E-state index contributed by atoms with van der Waals surface area (Å²) in [5.74, 6) is 0.563. The summed E-state index contributed by atoms with van der Waals surface area (Å²) in [5.41, 5.74) is 5.57. The van der Waals surface area contributed by atoms with E-state index in [0.29, 0.717) is 32.8 Å². The van der Waals surface area contributed by atoms with Crippen molar-refractivity contribution < 1.29 is 18.7 Å². The van der Waals surface area contributed by atoms with E-state index in [0.717, 1.165) is 22.3 Å². The van der Waals surface area contributed by atoms with Crippen LogP contribution in [0.15, 0.2) is 141 Å². The topological polar surface area (TPSA) is 96.5 Å². The molecule has 0 unspecified atom stereocenters. The second-order valence-electron chi connectivity index (χ2n) is 10.4. The van der Waals surface area contributed by atoms with Crippen molar-refractivity contribution in [3.8, 4) is 16.9 Å². The number of nitrogens with one attached hydrogen (secondary N) is 1. The molecule has 6 rings (SSSR count). The molecule has 5 aromatic rings. The molecule has 1 saturated heterocycles. The first kappa shape index (κ1) is 30.4. The third kappa shape index (κ3) is 7.69. The summed E-state index contributed by atoms with van der Waals surface area (Å²) in [4.78, 5) is 28.1. The number of thioether (sulfide) groups is 1. The lowest BCUT2D eigenvalue weighted by Crippen LogP contribution is -2.28. The molecule has 0 bridgehead atoms. The van der Waals surface area contributed by atoms with Gasteiger partial charge >= 0.3 is 0 Å². The van der Waals surface area contributed by atoms with Crippen LogP contribution < -0.4 is 10.1 Å². The van der Waals surface area contributed by atoms with Crippen LogP contribution in [0.4, 0.5) is 5.69 Å². The van der Waals surface area contributed by atoms with Crippen LogP contribution in [0.3, 0.4) is 0 Å². The van der Waals surface area contributed by atoms with E-state index >= 15 is 0 Å². The maximum absolute atomic E-state index is 13.6. The normalized spacial score (nSPS) is 14.8. The van der Waals surface area contributed by atoms with Crippen LogP contribution in [0, 0.1) is 6.92 Å². The Hall–Kier alpha value is -5.67. The molecule has 1 N–H and O–H groups in total. The number of hydrogen-bond acceptors (Lipinski definition) is 7. The number of nitrogens with zero attached hydrogens (tertiary/aromatic N) is 3. The van der Waals surface area contributed by atoms with Gasteiger partial charge in [0.15, 0.2) is 11.8 Å². The summed E-state index contributed by atoms with van der Waals surface area (Å²) in [7, 11) is 0. The van der Waals surface area contributed by atoms with Crippen molar-refractivity contribution in [3.63, 3.8) is 0 Å². The summed E-state index contributed by atoms with van der Waals surface area (Å²) in [6.45, 7) is 2.00. The van der Waals surface area contributed by atoms with Crippen molar-refractivity contribution in [1.82, 2.24) is 4.90 Å². The molecule has 0 aliphatic carbocycles. The highest BCUT2D eigenvalue weighted by Crippen LogP contribution is 2.35. The molecule has 9 heteroatoms. The number of aryl methyl sites for hydroxylation is 1. The van der Waals surface area contributed by atoms with Gasteiger partial charge in [0.25, 0.3) is 11.8 Å². The molecule has 1 aliphatic rings. The van der Waals surface area contributed by atoms with E-state index in [4.69, 9.17) is 9.15 Å². The quantitative estimate of drug-likeness (QED) is 0.0970. The van der Waals surface area contributed by atoms with Crippen LogP contribution in [-0.2, 0) is 16.1 Å². The van der Waals surface area contributed by atoms with Gasteiger partial charge in [-0.05, 0) is 71.8 Å². The molecule has 0 atom stereocenters. The molecule has 1 fully saturated rings. The van der Waals surface area contributed by atoms with Crippen LogP contribution in [0.1, 0.15) is 22.5 Å². The highest BCUT2D eigenvalue weighted by atomic mass is 32.2. The highest BCUT2D eigenvalue weighted by molar-refractivity contribution is 8.18. The van der Waals surface area contributed by atoms with E-state index in [2.05, 4.69) is 27.7 Å². The second kappa shape index (κ2) is 14.4. The SMILES string of the molecule is Cc1ccc(NC(=O)COc2ccccc2/C=C2\S/C(=N/N=C\c3ccc(-c4ccccc4)cc3)N(Cc3ccco3)C2=O)cc1. The Labute approximate surface area is 271 Å². The van der Waals surface area contributed by atoms with Gasteiger partial charge in [-0.15, -0.1) is 5.10 Å². The molecule has 46 heavy (non-hydrogen) atoms. The van der Waals surface area contributed by atoms with Gasteiger partial charge in [0, 0.05) is 11.3 Å². The Morgan fingerprint density at radius 2 is 1.63 bits per heavy atom. The van der Waals surface area contributed by atoms with Crippen molar-refractivity contribution in [1.29, 1.82) is 0 Å². The highest BCUT2D eigenvalue weighted by Gasteiger charge is 2.34. The number of benzene rings is 4. The zero-order chi connectivity index (χ0) is 31.7. The van der Waals surface area contributed by atoms with Gasteiger partial charge < -0.3 is 14.5 Å². The number of amides is 2. The molecule has 8 nitrogen and oxygen atoms in total. The Kier molecular flexibility index (Phi) is 9.51. The van der Waals surface area contributed by atoms with E-state index in [1.807, 2.05) is 91.9 Å². The number of hydrogen-bond donors (Lipinski definition) is 1. The first-order chi connectivity index (χ1) is 22.5. The van der Waals surface area contributed by atoms with E-state index in [1.165, 1.54) is 16.7 Å². The lowest BCUT2D eigenvalue weighted by Gasteiger charge is -2.12. The molecule has 2 heterocycles. The van der Waals surface area contributed by atoms with Crippen LogP contribution in [0.2, 0.25) is 0 Å². The van der Waals surface area contributed by atoms with Gasteiger partial charge in [0.2, 0.25) is 0 Å². The molecule has 1 aliphatic heterocycles. The molecule has 0 spiro atoms. The third-order valence-electron chi connectivity index (χ3n) is 7.05. The van der Waals surface area contributed by atoms with E-state index < -0.39 is 0 Å². The van der Waals surface area contributed by atoms with E-state index in [9.17, 15) is 9.59 Å². The number of amidine groups is 1. The average molecular weight is 627 g/mol. The Morgan fingerprint density at radius 1 is 0.891 bits per heavy atom. The minimum atomic E-state index is -0.288. The molecule has 0 saturated carbocycles. The number of furan rings is 1. The van der Waals surface area contributed by atoms with E-state index in [-0.39, 0.29) is 25.0 Å². The van der Waals surface area contributed by atoms with Gasteiger partial charge in [0.1, 0.15) is 11.5 Å². The van der Waals surface area contributed by atoms with Gasteiger partial charge in [-0.3, -0.25) is 14.5 Å². The lowest BCUT2D eigenvalue weighted by molar-refractivity contribution is -0.122. The van der Waals surface area contributed by atoms with E-state index in [1.54, 1.807) is 36.8 Å². The molecule has 2 amide bonds. The van der Waals surface area contributed by atoms with Crippen LogP contribution in [0.25, 0.3) is 17.2 Å². The minimum absolute atomic E-state index is 0.187. The zero-order valence-corrected chi connectivity index (χ0v) is 25.8. The zero-order valence-electron chi connectivity index (χ0n) is 25.0. The molecular weight excluding hydrogens is 596 g/mol. The lowest BCUT2D eigenvalue weighted by atomic mass is 10.0. The smallest absolute Gasteiger partial charge is 0.267 e. The number of para-hydroxylation sites is 1. The summed E-state index contributed by atoms with van der Waals surface area (Å²) >= 11 is 1.21. The number of carbonyl (C=O) groups excluding carboxylic acids is 2. The Balaban J connectivity index is 1.18. The third-order valence-corrected chi connectivity index (χ3v) is 8.05. The van der Waals surface area contributed by atoms with Gasteiger partial charge in [0.05, 0.1) is 23.9 Å². The first-order valence-corrected chi connectivity index (χ1v) is 15.4. The molecular formula is C37H30N4O4S. The molecule has 228 valence electrons. The molecule has 0 radical (unpaired) electrons. The summed E-state index contributed by atoms with van der Waals surface area (Å²) in [6, 6.07) is 36.5. The van der Waals surface area contributed by atoms with Crippen molar-refractivity contribution in [3.05, 3.63) is 149 Å². The fraction of sp³-hybridized carbons (Fsp3) is 0.0811. The summed E-state index contributed by atoms with van der Waals surface area (Å²) in [6.07, 6.45) is 4.96. The van der Waals surface area contributed by atoms with Crippen molar-refractivity contribution in [2.75, 3.05) is 11.9 Å². The largest absolute Gasteiger partial charge is 0.483 e. The standard InChI is InChI=1S/C37H30N4O4S/c1-26-13-19-31(20-14-26)39-35(42)25-45-33-12-6-5-10-30(33)22-34-36(43)41(24-32-11-7-21-44-32)37(46-34)40-38-23-27-15-17-29(18-16-27)28-8-3-2-4-9-28/h2-23H,24-25H2,1H3,(H,39,42)/b34-22-,38-23-,40-37+. The van der Waals surface area contributed by atoms with Gasteiger partial charge in [-0.1, -0.05) is 90.5 Å². The number of rotatable bonds is 10. The monoisotopic (exact) mass is 626 g/mol. The predicted octanol–water partition coefficient (Wildman–Crippen LogP) is 7.78. The van der Waals surface area contributed by atoms with Gasteiger partial charge in [-0.25, -0.2) is 0 Å². The fourth-order valence-electron chi connectivity index (χ4n) is 4.67. The number of ether oxygens (including phenoxy) is 1. The minimum Gasteiger partial charge on any atom is -0.483 e. The average Bonchev–Trinajstić information content (AvgIpc) is 3.70. The first-order valence-electron chi connectivity index (χ1n) is 14.6. The van der Waals surface area contributed by atoms with Gasteiger partial charge in [-0.2, -0.15) is 5.10 Å². The van der Waals surface area contributed by atoms with Crippen LogP contribution in [-0.4, -0.2) is 34.7 Å². The van der Waals surface area contributed by atoms with Crippen LogP contribution in [0.5, 0.6) is 5.75 Å². The maximum Gasteiger partial charge on any atom is 0.267 e. The predicted molar refractivity (Wildman–Crippen MR) is 183 cm³/mol. The molecule has 4 aromatic carbocycles. The van der Waals surface area contributed by atoms with Crippen molar-refractivity contribution in [2.45, 2.75) is 13.5 Å². The van der Waals surface area contributed by atoms with Crippen molar-refractivity contribution in [2.24, 2.45) is 10.2 Å². The maximum atomic E-state index is 13.6. The fourth-order valence-corrected chi connectivity index (χ4v) is 5.59. The second-order valence-corrected chi connectivity index (χ2v) is 11.4. The summed E-state index contributed by atoms with van der Waals surface area (Å²) in [5, 5.41) is 12.0. The summed E-state index contributed by atoms with van der Waals surface area (Å²) < 4.78 is 11.4. The van der Waals surface area contributed by atoms with Crippen LogP contribution >= 0.6 is 11.8 Å².